The van der Waals surface area contributed by atoms with Crippen molar-refractivity contribution in [1.29, 1.82) is 0 Å². The number of rotatable bonds is 9. The molecule has 0 bridgehead atoms. The van der Waals surface area contributed by atoms with Crippen LogP contribution >= 0.6 is 0 Å². The summed E-state index contributed by atoms with van der Waals surface area (Å²) in [4.78, 5) is 26.7. The number of aryl methyl sites for hydroxylation is 1. The van der Waals surface area contributed by atoms with Gasteiger partial charge in [0.1, 0.15) is 11.0 Å². The predicted octanol–water partition coefficient (Wildman–Crippen LogP) is 1.06. The standard InChI is InChI=1S/C22H29N3O6S/c1-17-5-7-18(8-6-17)32(28,29)20(19-4-2-13-31-19)16-24-22(27)21(26)23-9-3-10-25-11-14-30-15-12-25/h2,4-8,13,20H,3,9-12,14-16H2,1H3,(H,23,26)(H,24,27)/t20-/m1/s1. The molecule has 32 heavy (non-hydrogen) atoms. The number of carbonyl (C=O) groups excluding carboxylic acids is 2. The topological polar surface area (TPSA) is 118 Å². The van der Waals surface area contributed by atoms with Crippen LogP contribution in [0.2, 0.25) is 0 Å². The fourth-order valence-electron chi connectivity index (χ4n) is 3.41. The number of nitrogens with zero attached hydrogens (tertiary/aromatic N) is 1. The molecule has 0 saturated carbocycles. The van der Waals surface area contributed by atoms with Gasteiger partial charge >= 0.3 is 11.8 Å². The summed E-state index contributed by atoms with van der Waals surface area (Å²) >= 11 is 0. The molecule has 1 aromatic heterocycles. The van der Waals surface area contributed by atoms with Crippen LogP contribution in [0.3, 0.4) is 0 Å². The van der Waals surface area contributed by atoms with Crippen molar-refractivity contribution in [3.63, 3.8) is 0 Å². The number of hydrogen-bond donors (Lipinski definition) is 2. The van der Waals surface area contributed by atoms with Crippen molar-refractivity contribution < 1.29 is 27.2 Å². The second-order valence-electron chi connectivity index (χ2n) is 7.64. The van der Waals surface area contributed by atoms with Gasteiger partial charge in [-0.2, -0.15) is 0 Å². The van der Waals surface area contributed by atoms with Gasteiger partial charge in [-0.1, -0.05) is 17.7 Å². The van der Waals surface area contributed by atoms with Gasteiger partial charge in [-0.05, 0) is 44.2 Å². The average molecular weight is 464 g/mol. The first kappa shape index (κ1) is 24.0. The van der Waals surface area contributed by atoms with Crippen molar-refractivity contribution in [2.75, 3.05) is 45.9 Å². The van der Waals surface area contributed by atoms with Crippen LogP contribution in [0.4, 0.5) is 0 Å². The van der Waals surface area contributed by atoms with E-state index in [4.69, 9.17) is 9.15 Å². The summed E-state index contributed by atoms with van der Waals surface area (Å²) in [5.74, 6) is -1.48. The second kappa shape index (κ2) is 11.3. The van der Waals surface area contributed by atoms with E-state index >= 15 is 0 Å². The smallest absolute Gasteiger partial charge is 0.309 e. The lowest BCUT2D eigenvalue weighted by Crippen LogP contribution is -2.43. The van der Waals surface area contributed by atoms with Crippen molar-refractivity contribution in [2.45, 2.75) is 23.5 Å². The van der Waals surface area contributed by atoms with Crippen LogP contribution in [0.25, 0.3) is 0 Å². The summed E-state index contributed by atoms with van der Waals surface area (Å²) in [6, 6.07) is 9.56. The third-order valence-electron chi connectivity index (χ3n) is 5.28. The van der Waals surface area contributed by atoms with Crippen LogP contribution in [0.5, 0.6) is 0 Å². The molecular formula is C22H29N3O6S. The number of benzene rings is 1. The van der Waals surface area contributed by atoms with E-state index in [-0.39, 0.29) is 17.2 Å². The number of amides is 2. The summed E-state index contributed by atoms with van der Waals surface area (Å²) in [6.07, 6.45) is 2.08. The van der Waals surface area contributed by atoms with Gasteiger partial charge < -0.3 is 19.8 Å². The summed E-state index contributed by atoms with van der Waals surface area (Å²) in [6.45, 7) is 5.86. The van der Waals surface area contributed by atoms with Gasteiger partial charge in [0.25, 0.3) is 0 Å². The van der Waals surface area contributed by atoms with Crippen molar-refractivity contribution in [2.24, 2.45) is 0 Å². The number of ether oxygens (including phenoxy) is 1. The van der Waals surface area contributed by atoms with E-state index in [9.17, 15) is 18.0 Å². The second-order valence-corrected chi connectivity index (χ2v) is 9.77. The lowest BCUT2D eigenvalue weighted by molar-refractivity contribution is -0.139. The van der Waals surface area contributed by atoms with E-state index in [1.165, 1.54) is 24.5 Å². The third kappa shape index (κ3) is 6.41. The SMILES string of the molecule is Cc1ccc(S(=O)(=O)[C@H](CNC(=O)C(=O)NCCCN2CCOCC2)c2ccco2)cc1. The van der Waals surface area contributed by atoms with Crippen molar-refractivity contribution in [1.82, 2.24) is 15.5 Å². The lowest BCUT2D eigenvalue weighted by atomic mass is 10.2. The van der Waals surface area contributed by atoms with Crippen LogP contribution in [0.15, 0.2) is 52.0 Å². The number of hydrogen-bond acceptors (Lipinski definition) is 7. The molecule has 2 aromatic rings. The molecule has 9 nitrogen and oxygen atoms in total. The fraction of sp³-hybridized carbons (Fsp3) is 0.455. The molecule has 1 aliphatic rings. The summed E-state index contributed by atoms with van der Waals surface area (Å²) in [7, 11) is -3.85. The fourth-order valence-corrected chi connectivity index (χ4v) is 4.99. The van der Waals surface area contributed by atoms with Crippen molar-refractivity contribution >= 4 is 21.7 Å². The zero-order valence-corrected chi connectivity index (χ0v) is 18.9. The van der Waals surface area contributed by atoms with Gasteiger partial charge in [-0.3, -0.25) is 14.5 Å². The Morgan fingerprint density at radius 1 is 1.06 bits per heavy atom. The molecule has 1 aliphatic heterocycles. The highest BCUT2D eigenvalue weighted by Crippen LogP contribution is 2.29. The molecule has 0 radical (unpaired) electrons. The zero-order valence-electron chi connectivity index (χ0n) is 18.1. The first-order chi connectivity index (χ1) is 15.4. The maximum Gasteiger partial charge on any atom is 0.309 e. The molecule has 0 spiro atoms. The van der Waals surface area contributed by atoms with Gasteiger partial charge in [-0.25, -0.2) is 8.42 Å². The minimum absolute atomic E-state index is 0.117. The predicted molar refractivity (Wildman–Crippen MR) is 118 cm³/mol. The summed E-state index contributed by atoms with van der Waals surface area (Å²) in [5, 5.41) is 3.85. The molecule has 0 unspecified atom stereocenters. The third-order valence-corrected chi connectivity index (χ3v) is 7.36. The van der Waals surface area contributed by atoms with E-state index in [0.717, 1.165) is 25.2 Å². The van der Waals surface area contributed by atoms with Crippen LogP contribution < -0.4 is 10.6 Å². The van der Waals surface area contributed by atoms with E-state index < -0.39 is 26.9 Å². The highest BCUT2D eigenvalue weighted by atomic mass is 32.2. The first-order valence-corrected chi connectivity index (χ1v) is 12.1. The van der Waals surface area contributed by atoms with Gasteiger partial charge in [0.05, 0.1) is 24.4 Å². The van der Waals surface area contributed by atoms with E-state index in [1.807, 2.05) is 6.92 Å². The Hall–Kier alpha value is -2.69. The van der Waals surface area contributed by atoms with E-state index in [2.05, 4.69) is 15.5 Å². The maximum absolute atomic E-state index is 13.2. The molecule has 2 heterocycles. The zero-order chi connectivity index (χ0) is 23.0. The van der Waals surface area contributed by atoms with Crippen LogP contribution in [-0.2, 0) is 24.2 Å². The number of morpholine rings is 1. The molecule has 1 atom stereocenters. The normalized spacial score (nSPS) is 15.8. The largest absolute Gasteiger partial charge is 0.468 e. The van der Waals surface area contributed by atoms with E-state index in [0.29, 0.717) is 26.2 Å². The Morgan fingerprint density at radius 3 is 2.41 bits per heavy atom. The minimum atomic E-state index is -3.85. The van der Waals surface area contributed by atoms with Crippen LogP contribution in [-0.4, -0.2) is 71.1 Å². The molecule has 10 heteroatoms. The van der Waals surface area contributed by atoms with Gasteiger partial charge in [0, 0.05) is 26.2 Å². The monoisotopic (exact) mass is 463 g/mol. The minimum Gasteiger partial charge on any atom is -0.468 e. The number of carbonyl (C=O) groups is 2. The quantitative estimate of drug-likeness (QED) is 0.422. The first-order valence-electron chi connectivity index (χ1n) is 10.6. The maximum atomic E-state index is 13.2. The Balaban J connectivity index is 1.54. The van der Waals surface area contributed by atoms with Crippen LogP contribution in [0.1, 0.15) is 23.0 Å². The summed E-state index contributed by atoms with van der Waals surface area (Å²) < 4.78 is 36.9. The molecule has 1 aromatic carbocycles. The molecule has 3 rings (SSSR count). The van der Waals surface area contributed by atoms with Gasteiger partial charge in [0.2, 0.25) is 0 Å². The van der Waals surface area contributed by atoms with Crippen molar-refractivity contribution in [3.8, 4) is 0 Å². The van der Waals surface area contributed by atoms with E-state index in [1.54, 1.807) is 18.2 Å². The molecule has 0 aliphatic carbocycles. The molecule has 174 valence electrons. The average Bonchev–Trinajstić information content (AvgIpc) is 3.32. The highest BCUT2D eigenvalue weighted by molar-refractivity contribution is 7.91. The summed E-state index contributed by atoms with van der Waals surface area (Å²) in [5.41, 5.74) is 0.928. The Bertz CT molecular complexity index is 983. The Kier molecular flexibility index (Phi) is 8.43. The number of sulfone groups is 1. The number of furan rings is 1. The Morgan fingerprint density at radius 2 is 1.75 bits per heavy atom. The van der Waals surface area contributed by atoms with Gasteiger partial charge in [0.15, 0.2) is 9.84 Å². The molecule has 2 N–H and O–H groups in total. The molecule has 2 amide bonds. The molecule has 1 saturated heterocycles. The van der Waals surface area contributed by atoms with Gasteiger partial charge in [-0.15, -0.1) is 0 Å². The molecule has 1 fully saturated rings. The molecular weight excluding hydrogens is 434 g/mol. The number of nitrogens with one attached hydrogen (secondary N) is 2. The lowest BCUT2D eigenvalue weighted by Gasteiger charge is -2.26. The highest BCUT2D eigenvalue weighted by Gasteiger charge is 2.32. The van der Waals surface area contributed by atoms with Crippen molar-refractivity contribution in [3.05, 3.63) is 54.0 Å². The Labute approximate surface area is 188 Å². The van der Waals surface area contributed by atoms with Crippen LogP contribution in [0, 0.1) is 6.92 Å².